The smallest absolute Gasteiger partial charge is 0.318 e. The number of carboxylic acids is 2. The van der Waals surface area contributed by atoms with Crippen LogP contribution in [-0.2, 0) is 35.3 Å². The lowest BCUT2D eigenvalue weighted by atomic mass is 9.77. The Labute approximate surface area is 361 Å². The molecule has 4 N–H and O–H groups in total. The molecular formula is C44H57N2O11S3+. The van der Waals surface area contributed by atoms with E-state index in [0.717, 1.165) is 76.7 Å². The van der Waals surface area contributed by atoms with Crippen molar-refractivity contribution in [2.24, 2.45) is 0 Å². The Hall–Kier alpha value is -4.25. The summed E-state index contributed by atoms with van der Waals surface area (Å²) in [6.07, 6.45) is 8.43. The van der Waals surface area contributed by atoms with E-state index in [2.05, 4.69) is 44.4 Å². The number of aliphatic hydroxyl groups excluding tert-OH is 1. The van der Waals surface area contributed by atoms with E-state index in [1.165, 1.54) is 0 Å². The highest BCUT2D eigenvalue weighted by atomic mass is 32.2. The molecule has 60 heavy (non-hydrogen) atoms. The van der Waals surface area contributed by atoms with E-state index in [1.807, 2.05) is 36.9 Å². The molecule has 2 heterocycles. The normalized spacial score (nSPS) is 19.1. The van der Waals surface area contributed by atoms with E-state index < -0.39 is 49.1 Å². The zero-order chi connectivity index (χ0) is 44.2. The molecule has 16 heteroatoms. The molecule has 0 radical (unpaired) electrons. The molecule has 0 saturated carbocycles. The third-order valence-corrected chi connectivity index (χ3v) is 14.5. The van der Waals surface area contributed by atoms with Gasteiger partial charge in [0.25, 0.3) is 10.1 Å². The second kappa shape index (κ2) is 19.2. The highest BCUT2D eigenvalue weighted by Crippen LogP contribution is 2.50. The van der Waals surface area contributed by atoms with Gasteiger partial charge in [0.05, 0.1) is 35.5 Å². The number of carbonyl (C=O) groups is 3. The molecule has 1 aliphatic carbocycles. The number of aliphatic hydroxyl groups is 1. The molecule has 3 aliphatic rings. The van der Waals surface area contributed by atoms with E-state index in [-0.39, 0.29) is 42.3 Å². The number of aliphatic carboxylic acids is 2. The molecule has 0 bridgehead atoms. The molecule has 5 rings (SSSR count). The minimum atomic E-state index is -4.24. The monoisotopic (exact) mass is 885 g/mol. The summed E-state index contributed by atoms with van der Waals surface area (Å²) in [5, 5.41) is 28.4. The van der Waals surface area contributed by atoms with Crippen LogP contribution in [0.15, 0.2) is 71.2 Å². The molecular weight excluding hydrogens is 829 g/mol. The van der Waals surface area contributed by atoms with Crippen LogP contribution < -0.4 is 14.4 Å². The lowest BCUT2D eigenvalue weighted by molar-refractivity contribution is -0.437. The standard InChI is InChI=1S/C44H56N2O11S3/c1-8-10-19-56-27-13-15-33-31(23-27)43(3,4)35(45(33)17-9-2)25-29-37(47)30(38(29)48)26-36-44(5,6)32-24-28(14-16-34(32)46(36)18-11-22-60(53,54)55)57-20-12-21-59-40(42(51)52)39(58-7)41(49)50/h13-16,23-26,39-40H,8-12,17-22H2,1-7H3,(H3-,47,48,49,50,51,52,53,54,55)/p+1. The summed E-state index contributed by atoms with van der Waals surface area (Å²) >= 11 is 2.04. The number of unbranched alkanes of at least 4 members (excludes halogenated alkanes) is 1. The molecule has 326 valence electrons. The van der Waals surface area contributed by atoms with E-state index in [9.17, 15) is 42.7 Å². The third kappa shape index (κ3) is 9.93. The first-order chi connectivity index (χ1) is 28.3. The zero-order valence-corrected chi connectivity index (χ0v) is 37.8. The summed E-state index contributed by atoms with van der Waals surface area (Å²) in [5.41, 5.74) is 4.36. The Morgan fingerprint density at radius 2 is 1.52 bits per heavy atom. The van der Waals surface area contributed by atoms with Gasteiger partial charge in [-0.25, -0.2) is 0 Å². The molecule has 2 aliphatic heterocycles. The Morgan fingerprint density at radius 1 is 0.883 bits per heavy atom. The second-order valence-electron chi connectivity index (χ2n) is 16.1. The number of nitrogens with zero attached hydrogens (tertiary/aromatic N) is 2. The number of fused-ring (bicyclic) bond motifs is 2. The second-order valence-corrected chi connectivity index (χ2v) is 19.9. The number of ether oxygens (including phenoxy) is 2. The van der Waals surface area contributed by atoms with Gasteiger partial charge in [0.1, 0.15) is 34.3 Å². The SMILES string of the molecule is CCCCOc1ccc2c(c1)C(C)(C)C(C=C1C(=O)C(/C=C3/N(CCCS(=O)(=O)O)c4ccc(OCCCSC(C(=O)O)C(SC)C(=O)O)cc4C3(C)C)=C1O)=[N+]2CCC. The predicted octanol–water partition coefficient (Wildman–Crippen LogP) is 7.70. The molecule has 2 aromatic rings. The van der Waals surface area contributed by atoms with Gasteiger partial charge >= 0.3 is 11.9 Å². The van der Waals surface area contributed by atoms with Crippen LogP contribution in [0.3, 0.4) is 0 Å². The first-order valence-electron chi connectivity index (χ1n) is 20.2. The number of hydrogen-bond donors (Lipinski definition) is 4. The number of allylic oxidation sites excluding steroid dienone is 5. The quantitative estimate of drug-likeness (QED) is 0.0389. The minimum absolute atomic E-state index is 0.0922. The molecule has 2 atom stereocenters. The maximum absolute atomic E-state index is 14.0. The Morgan fingerprint density at radius 3 is 2.10 bits per heavy atom. The summed E-state index contributed by atoms with van der Waals surface area (Å²) in [5.74, 6) is -1.57. The van der Waals surface area contributed by atoms with Crippen LogP contribution in [-0.4, -0.2) is 111 Å². The fraction of sp³-hybridized carbons (Fsp3) is 0.500. The van der Waals surface area contributed by atoms with E-state index >= 15 is 0 Å². The Bertz CT molecular complexity index is 2240. The highest BCUT2D eigenvalue weighted by molar-refractivity contribution is 8.04. The number of rotatable bonds is 22. The molecule has 0 saturated heterocycles. The van der Waals surface area contributed by atoms with Crippen molar-refractivity contribution >= 4 is 68.5 Å². The lowest BCUT2D eigenvalue weighted by Gasteiger charge is -2.29. The number of thioether (sulfide) groups is 2. The Balaban J connectivity index is 1.42. The largest absolute Gasteiger partial charge is 0.506 e. The summed E-state index contributed by atoms with van der Waals surface area (Å²) in [6.45, 7) is 14.1. The van der Waals surface area contributed by atoms with Gasteiger partial charge in [-0.3, -0.25) is 18.9 Å². The zero-order valence-electron chi connectivity index (χ0n) is 35.3. The molecule has 0 spiro atoms. The van der Waals surface area contributed by atoms with Crippen LogP contribution in [0.1, 0.15) is 84.8 Å². The van der Waals surface area contributed by atoms with Crippen LogP contribution in [0.4, 0.5) is 11.4 Å². The van der Waals surface area contributed by atoms with Gasteiger partial charge in [0.15, 0.2) is 5.71 Å². The number of anilines is 1. The van der Waals surface area contributed by atoms with Crippen molar-refractivity contribution < 1.29 is 56.7 Å². The topological polar surface area (TPSA) is 191 Å². The molecule has 0 aromatic heterocycles. The van der Waals surface area contributed by atoms with Gasteiger partial charge in [-0.1, -0.05) is 34.1 Å². The van der Waals surface area contributed by atoms with Gasteiger partial charge in [0, 0.05) is 47.5 Å². The van der Waals surface area contributed by atoms with Crippen LogP contribution >= 0.6 is 23.5 Å². The molecule has 2 aromatic carbocycles. The van der Waals surface area contributed by atoms with Crippen molar-refractivity contribution in [3.63, 3.8) is 0 Å². The maximum Gasteiger partial charge on any atom is 0.318 e. The van der Waals surface area contributed by atoms with Crippen molar-refractivity contribution in [1.29, 1.82) is 0 Å². The molecule has 13 nitrogen and oxygen atoms in total. The first kappa shape index (κ1) is 46.8. The van der Waals surface area contributed by atoms with Crippen LogP contribution in [0.25, 0.3) is 0 Å². The number of carbonyl (C=O) groups excluding carboxylic acids is 1. The average Bonchev–Trinajstić information content (AvgIpc) is 3.51. The van der Waals surface area contributed by atoms with Gasteiger partial charge < -0.3 is 29.7 Å². The molecule has 0 fully saturated rings. The average molecular weight is 886 g/mol. The van der Waals surface area contributed by atoms with Gasteiger partial charge in [-0.05, 0) is 87.1 Å². The van der Waals surface area contributed by atoms with Crippen molar-refractivity contribution in [3.05, 3.63) is 82.3 Å². The number of hydrogen-bond acceptors (Lipinski definition) is 11. The lowest BCUT2D eigenvalue weighted by Crippen LogP contribution is -2.35. The fourth-order valence-corrected chi connectivity index (χ4v) is 10.5. The number of carboxylic acid groups (broad SMARTS) is 2. The van der Waals surface area contributed by atoms with E-state index in [4.69, 9.17) is 9.47 Å². The van der Waals surface area contributed by atoms with Crippen LogP contribution in [0, 0.1) is 0 Å². The minimum Gasteiger partial charge on any atom is -0.506 e. The summed E-state index contributed by atoms with van der Waals surface area (Å²) in [7, 11) is -4.24. The summed E-state index contributed by atoms with van der Waals surface area (Å²) < 4.78 is 47.2. The fourth-order valence-electron chi connectivity index (χ4n) is 7.94. The van der Waals surface area contributed by atoms with Crippen molar-refractivity contribution in [2.45, 2.75) is 95.0 Å². The van der Waals surface area contributed by atoms with Gasteiger partial charge in [-0.15, -0.1) is 23.5 Å². The first-order valence-corrected chi connectivity index (χ1v) is 24.2. The molecule has 2 unspecified atom stereocenters. The van der Waals surface area contributed by atoms with Crippen molar-refractivity contribution in [1.82, 2.24) is 0 Å². The predicted molar refractivity (Wildman–Crippen MR) is 238 cm³/mol. The molecule has 0 amide bonds. The highest BCUT2D eigenvalue weighted by Gasteiger charge is 2.47. The van der Waals surface area contributed by atoms with Crippen molar-refractivity contribution in [2.75, 3.05) is 49.0 Å². The van der Waals surface area contributed by atoms with Gasteiger partial charge in [0.2, 0.25) is 11.5 Å². The Kier molecular flexibility index (Phi) is 15.0. The maximum atomic E-state index is 14.0. The number of benzene rings is 2. The van der Waals surface area contributed by atoms with Crippen LogP contribution in [0.5, 0.6) is 11.5 Å². The van der Waals surface area contributed by atoms with E-state index in [0.29, 0.717) is 36.8 Å². The van der Waals surface area contributed by atoms with Crippen LogP contribution in [0.2, 0.25) is 0 Å². The summed E-state index contributed by atoms with van der Waals surface area (Å²) in [6, 6.07) is 11.6. The number of ketones is 1. The van der Waals surface area contributed by atoms with Gasteiger partial charge in [-0.2, -0.15) is 13.0 Å². The third-order valence-electron chi connectivity index (χ3n) is 11.2. The number of Topliss-reactive ketones (excluding diaryl/α,β-unsaturated/α-hetero) is 1. The summed E-state index contributed by atoms with van der Waals surface area (Å²) in [4.78, 5) is 39.2. The van der Waals surface area contributed by atoms with Crippen molar-refractivity contribution in [3.8, 4) is 11.5 Å². The van der Waals surface area contributed by atoms with E-state index in [1.54, 1.807) is 24.5 Å².